The zero-order chi connectivity index (χ0) is 10.6. The summed E-state index contributed by atoms with van der Waals surface area (Å²) >= 11 is 2.26. The van der Waals surface area contributed by atoms with Crippen molar-refractivity contribution in [3.63, 3.8) is 0 Å². The van der Waals surface area contributed by atoms with Crippen LogP contribution in [0, 0.1) is 10.5 Å². The standard InChI is InChI=1S/C10H14INO2/c1-7-2-3-8(4-10(7)11)12-5-9(14)6-13/h2-4,9,12-14H,5-6H2,1H3. The Kier molecular flexibility index (Phi) is 4.64. The van der Waals surface area contributed by atoms with E-state index in [0.29, 0.717) is 6.54 Å². The first kappa shape index (κ1) is 11.7. The van der Waals surface area contributed by atoms with Crippen LogP contribution >= 0.6 is 22.6 Å². The van der Waals surface area contributed by atoms with E-state index >= 15 is 0 Å². The van der Waals surface area contributed by atoms with Gasteiger partial charge in [0.25, 0.3) is 0 Å². The summed E-state index contributed by atoms with van der Waals surface area (Å²) < 4.78 is 1.19. The van der Waals surface area contributed by atoms with Gasteiger partial charge in [0.15, 0.2) is 0 Å². The lowest BCUT2D eigenvalue weighted by atomic mass is 10.2. The third-order valence-corrected chi connectivity index (χ3v) is 3.09. The number of nitrogens with one attached hydrogen (secondary N) is 1. The van der Waals surface area contributed by atoms with E-state index in [0.717, 1.165) is 5.69 Å². The maximum Gasteiger partial charge on any atom is 0.0942 e. The number of halogens is 1. The lowest BCUT2D eigenvalue weighted by Gasteiger charge is -2.10. The molecule has 0 saturated heterocycles. The number of benzene rings is 1. The van der Waals surface area contributed by atoms with Gasteiger partial charge in [0, 0.05) is 15.8 Å². The zero-order valence-electron chi connectivity index (χ0n) is 8.00. The van der Waals surface area contributed by atoms with Gasteiger partial charge in [-0.05, 0) is 47.2 Å². The van der Waals surface area contributed by atoms with Crippen LogP contribution in [0.2, 0.25) is 0 Å². The molecule has 1 unspecified atom stereocenters. The lowest BCUT2D eigenvalue weighted by Crippen LogP contribution is -2.22. The molecule has 0 saturated carbocycles. The second-order valence-corrected chi connectivity index (χ2v) is 4.34. The molecule has 0 amide bonds. The van der Waals surface area contributed by atoms with Gasteiger partial charge in [-0.15, -0.1) is 0 Å². The number of hydrogen-bond acceptors (Lipinski definition) is 3. The molecular formula is C10H14INO2. The van der Waals surface area contributed by atoms with Crippen LogP contribution in [0.25, 0.3) is 0 Å². The summed E-state index contributed by atoms with van der Waals surface area (Å²) in [6, 6.07) is 6.00. The first-order valence-corrected chi connectivity index (χ1v) is 5.50. The van der Waals surface area contributed by atoms with Crippen molar-refractivity contribution in [2.24, 2.45) is 0 Å². The van der Waals surface area contributed by atoms with E-state index in [1.165, 1.54) is 9.13 Å². The van der Waals surface area contributed by atoms with Crippen molar-refractivity contribution < 1.29 is 10.2 Å². The van der Waals surface area contributed by atoms with E-state index < -0.39 is 6.10 Å². The summed E-state index contributed by atoms with van der Waals surface area (Å²) in [4.78, 5) is 0. The molecule has 1 rings (SSSR count). The molecule has 4 heteroatoms. The first-order chi connectivity index (χ1) is 6.63. The van der Waals surface area contributed by atoms with Gasteiger partial charge in [-0.3, -0.25) is 0 Å². The van der Waals surface area contributed by atoms with Crippen LogP contribution in [0.15, 0.2) is 18.2 Å². The van der Waals surface area contributed by atoms with E-state index in [9.17, 15) is 0 Å². The van der Waals surface area contributed by atoms with E-state index in [1.54, 1.807) is 0 Å². The average molecular weight is 307 g/mol. The quantitative estimate of drug-likeness (QED) is 0.736. The highest BCUT2D eigenvalue weighted by Crippen LogP contribution is 2.16. The number of aliphatic hydroxyl groups is 2. The second kappa shape index (κ2) is 5.53. The lowest BCUT2D eigenvalue weighted by molar-refractivity contribution is 0.105. The summed E-state index contributed by atoms with van der Waals surface area (Å²) in [5.41, 5.74) is 2.20. The summed E-state index contributed by atoms with van der Waals surface area (Å²) in [7, 11) is 0. The monoisotopic (exact) mass is 307 g/mol. The number of rotatable bonds is 4. The summed E-state index contributed by atoms with van der Waals surface area (Å²) in [5.74, 6) is 0. The molecule has 0 spiro atoms. The number of aryl methyl sites for hydroxylation is 1. The molecule has 0 fully saturated rings. The highest BCUT2D eigenvalue weighted by molar-refractivity contribution is 14.1. The van der Waals surface area contributed by atoms with E-state index in [-0.39, 0.29) is 6.61 Å². The van der Waals surface area contributed by atoms with E-state index in [2.05, 4.69) is 27.9 Å². The van der Waals surface area contributed by atoms with Crippen molar-refractivity contribution in [2.75, 3.05) is 18.5 Å². The maximum absolute atomic E-state index is 9.13. The summed E-state index contributed by atoms with van der Waals surface area (Å²) in [6.45, 7) is 2.21. The van der Waals surface area contributed by atoms with Gasteiger partial charge in [0.1, 0.15) is 0 Å². The Morgan fingerprint density at radius 3 is 2.79 bits per heavy atom. The van der Waals surface area contributed by atoms with Gasteiger partial charge in [-0.2, -0.15) is 0 Å². The van der Waals surface area contributed by atoms with Crippen molar-refractivity contribution in [1.82, 2.24) is 0 Å². The molecule has 0 bridgehead atoms. The molecule has 3 nitrogen and oxygen atoms in total. The fourth-order valence-corrected chi connectivity index (χ4v) is 1.52. The molecule has 0 aliphatic rings. The fraction of sp³-hybridized carbons (Fsp3) is 0.400. The molecule has 1 aromatic rings. The SMILES string of the molecule is Cc1ccc(NCC(O)CO)cc1I. The molecule has 0 heterocycles. The predicted molar refractivity (Wildman–Crippen MR) is 65.5 cm³/mol. The van der Waals surface area contributed by atoms with Crippen LogP contribution < -0.4 is 5.32 Å². The third-order valence-electron chi connectivity index (χ3n) is 1.92. The predicted octanol–water partition coefficient (Wildman–Crippen LogP) is 1.36. The van der Waals surface area contributed by atoms with Crippen molar-refractivity contribution >= 4 is 28.3 Å². The third kappa shape index (κ3) is 3.43. The Balaban J connectivity index is 2.55. The minimum Gasteiger partial charge on any atom is -0.394 e. The van der Waals surface area contributed by atoms with Crippen molar-refractivity contribution in [3.8, 4) is 0 Å². The van der Waals surface area contributed by atoms with Gasteiger partial charge < -0.3 is 15.5 Å². The largest absolute Gasteiger partial charge is 0.394 e. The average Bonchev–Trinajstić information content (AvgIpc) is 2.19. The van der Waals surface area contributed by atoms with Crippen LogP contribution in [0.5, 0.6) is 0 Å². The van der Waals surface area contributed by atoms with Crippen LogP contribution in [0.1, 0.15) is 5.56 Å². The van der Waals surface area contributed by atoms with E-state index in [4.69, 9.17) is 10.2 Å². The van der Waals surface area contributed by atoms with Crippen molar-refractivity contribution in [1.29, 1.82) is 0 Å². The fourth-order valence-electron chi connectivity index (χ4n) is 1.00. The Hall–Kier alpha value is -0.330. The highest BCUT2D eigenvalue weighted by atomic mass is 127. The second-order valence-electron chi connectivity index (χ2n) is 3.18. The molecule has 0 aliphatic carbocycles. The summed E-state index contributed by atoms with van der Waals surface area (Å²) in [5, 5.41) is 20.8. The van der Waals surface area contributed by atoms with Gasteiger partial charge >= 0.3 is 0 Å². The highest BCUT2D eigenvalue weighted by Gasteiger charge is 2.01. The molecule has 0 radical (unpaired) electrons. The van der Waals surface area contributed by atoms with Crippen LogP contribution in [0.4, 0.5) is 5.69 Å². The van der Waals surface area contributed by atoms with Crippen molar-refractivity contribution in [3.05, 3.63) is 27.3 Å². The molecule has 14 heavy (non-hydrogen) atoms. The molecule has 3 N–H and O–H groups in total. The molecule has 1 atom stereocenters. The maximum atomic E-state index is 9.13. The van der Waals surface area contributed by atoms with Crippen LogP contribution in [-0.4, -0.2) is 29.5 Å². The minimum atomic E-state index is -0.700. The topological polar surface area (TPSA) is 52.5 Å². The van der Waals surface area contributed by atoms with E-state index in [1.807, 2.05) is 25.1 Å². The normalized spacial score (nSPS) is 12.6. The Morgan fingerprint density at radius 1 is 1.50 bits per heavy atom. The molecule has 0 aromatic heterocycles. The van der Waals surface area contributed by atoms with Crippen LogP contribution in [0.3, 0.4) is 0 Å². The molecular weight excluding hydrogens is 293 g/mol. The van der Waals surface area contributed by atoms with Gasteiger partial charge in [-0.25, -0.2) is 0 Å². The van der Waals surface area contributed by atoms with Crippen molar-refractivity contribution in [2.45, 2.75) is 13.0 Å². The number of anilines is 1. The zero-order valence-corrected chi connectivity index (χ0v) is 10.2. The Morgan fingerprint density at radius 2 is 2.21 bits per heavy atom. The molecule has 0 aliphatic heterocycles. The Labute approximate surface area is 97.3 Å². The van der Waals surface area contributed by atoms with Crippen LogP contribution in [-0.2, 0) is 0 Å². The minimum absolute atomic E-state index is 0.212. The smallest absolute Gasteiger partial charge is 0.0942 e. The molecule has 1 aromatic carbocycles. The van der Waals surface area contributed by atoms with Gasteiger partial charge in [-0.1, -0.05) is 6.07 Å². The Bertz CT molecular complexity index is 304. The van der Waals surface area contributed by atoms with Gasteiger partial charge in [0.2, 0.25) is 0 Å². The first-order valence-electron chi connectivity index (χ1n) is 4.42. The molecule has 78 valence electrons. The summed E-state index contributed by atoms with van der Waals surface area (Å²) in [6.07, 6.45) is -0.700. The number of hydrogen-bond donors (Lipinski definition) is 3. The van der Waals surface area contributed by atoms with Gasteiger partial charge in [0.05, 0.1) is 12.7 Å². The number of aliphatic hydroxyl groups excluding tert-OH is 2.